The predicted octanol–water partition coefficient (Wildman–Crippen LogP) is 22.1. The highest BCUT2D eigenvalue weighted by molar-refractivity contribution is 5.76. The van der Waals surface area contributed by atoms with Crippen LogP contribution in [0.3, 0.4) is 0 Å². The van der Waals surface area contributed by atoms with Crippen LogP contribution in [0.4, 0.5) is 0 Å². The van der Waals surface area contributed by atoms with Crippen LogP contribution in [0.5, 0.6) is 34.5 Å². The van der Waals surface area contributed by atoms with E-state index in [1.807, 2.05) is 69.2 Å². The van der Waals surface area contributed by atoms with Crippen LogP contribution in [0.2, 0.25) is 0 Å². The molecule has 7 aliphatic carbocycles. The lowest BCUT2D eigenvalue weighted by atomic mass is 9.40. The summed E-state index contributed by atoms with van der Waals surface area (Å²) in [5, 5.41) is 79.1. The minimum atomic E-state index is -0.790. The van der Waals surface area contributed by atoms with Crippen molar-refractivity contribution >= 4 is 17.9 Å². The van der Waals surface area contributed by atoms with Crippen molar-refractivity contribution in [1.82, 2.24) is 0 Å². The number of rotatable bonds is 22. The summed E-state index contributed by atoms with van der Waals surface area (Å²) in [6.07, 6.45) is 19.9. The summed E-state index contributed by atoms with van der Waals surface area (Å²) < 4.78 is 24.7. The number of hydrazine groups is 1. The largest absolute Gasteiger partial charge is 0.504 e. The fraction of sp³-hybridized carbons (Fsp3) is 0.730. The van der Waals surface area contributed by atoms with E-state index >= 15 is 0 Å². The number of hydrogen-bond acceptors (Lipinski definition) is 19. The van der Waals surface area contributed by atoms with Crippen molar-refractivity contribution in [3.05, 3.63) is 123 Å². The van der Waals surface area contributed by atoms with Gasteiger partial charge < -0.3 is 55.7 Å². The highest BCUT2D eigenvalue weighted by Gasteiger charge is 2.64. The number of ether oxygens (including phenoxy) is 4. The molecule has 3 aromatic carbocycles. The minimum Gasteiger partial charge on any atom is -0.504 e. The Bertz CT molecular complexity index is 4500. The summed E-state index contributed by atoms with van der Waals surface area (Å²) in [4.78, 5) is 68.2. The van der Waals surface area contributed by atoms with Gasteiger partial charge in [-0.3, -0.25) is 46.3 Å². The lowest BCUT2D eigenvalue weighted by molar-refractivity contribution is -0.491. The molecule has 0 aromatic heterocycles. The Balaban J connectivity index is 0.000000275. The lowest BCUT2D eigenvalue weighted by Gasteiger charge is -2.64. The van der Waals surface area contributed by atoms with Crippen molar-refractivity contribution in [3.8, 4) is 34.5 Å². The average molecular weight is 1750 g/mol. The molecule has 0 bridgehead atoms. The maximum absolute atomic E-state index is 12.4. The molecule has 21 atom stereocenters. The molecule has 2 heterocycles. The summed E-state index contributed by atoms with van der Waals surface area (Å²) in [5.74, 6) is 8.49. The lowest BCUT2D eigenvalue weighted by Crippen LogP contribution is -2.57. The number of phenolic OH excluding ortho intramolecular Hbond substituents is 2. The number of carboxylic acid groups (broad SMARTS) is 3. The van der Waals surface area contributed by atoms with E-state index < -0.39 is 57.1 Å². The minimum absolute atomic E-state index is 0. The first-order valence-corrected chi connectivity index (χ1v) is 46.0. The quantitative estimate of drug-likeness (QED) is 0.0116. The summed E-state index contributed by atoms with van der Waals surface area (Å²) in [6.45, 7) is 62.4. The molecule has 13 N–H and O–H groups in total. The van der Waals surface area contributed by atoms with Crippen LogP contribution in [-0.2, 0) is 34.6 Å². The molecule has 706 valence electrons. The Hall–Kier alpha value is -7.39. The predicted molar refractivity (Wildman–Crippen MR) is 491 cm³/mol. The zero-order valence-electron chi connectivity index (χ0n) is 81.8. The fourth-order valence-corrected chi connectivity index (χ4v) is 25.6. The van der Waals surface area contributed by atoms with Crippen LogP contribution in [0.1, 0.15) is 362 Å². The first-order valence-electron chi connectivity index (χ1n) is 46.0. The number of phenols is 2. The number of aliphatic carboxylic acids is 3. The van der Waals surface area contributed by atoms with E-state index in [0.717, 1.165) is 128 Å². The van der Waals surface area contributed by atoms with Crippen LogP contribution < -0.4 is 36.4 Å². The summed E-state index contributed by atoms with van der Waals surface area (Å²) in [5.41, 5.74) is 15.3. The van der Waals surface area contributed by atoms with E-state index in [0.29, 0.717) is 73.0 Å². The van der Waals surface area contributed by atoms with Crippen LogP contribution in [0.25, 0.3) is 0 Å². The van der Waals surface area contributed by atoms with Crippen molar-refractivity contribution in [1.29, 1.82) is 0 Å². The van der Waals surface area contributed by atoms with Gasteiger partial charge in [-0.1, -0.05) is 172 Å². The molecule has 3 aromatic rings. The second-order valence-electron chi connectivity index (χ2n) is 41.4. The number of nitrogens with zero attached hydrogens (tertiary/aromatic N) is 2. The zero-order valence-corrected chi connectivity index (χ0v) is 81.8. The van der Waals surface area contributed by atoms with Crippen molar-refractivity contribution < 1.29 is 89.0 Å². The second-order valence-corrected chi connectivity index (χ2v) is 41.4. The van der Waals surface area contributed by atoms with Gasteiger partial charge in [-0.05, 0) is 281 Å². The molecule has 0 amide bonds. The molecule has 25 nitrogen and oxygen atoms in total. The summed E-state index contributed by atoms with van der Waals surface area (Å²) in [7, 11) is 2.73. The normalized spacial score (nSPS) is 32.3. The molecule has 125 heavy (non-hydrogen) atoms. The number of benzene rings is 3. The van der Waals surface area contributed by atoms with Gasteiger partial charge in [0.25, 0.3) is 0 Å². The fourth-order valence-electron chi connectivity index (χ4n) is 25.6. The Kier molecular flexibility index (Phi) is 33.6. The van der Waals surface area contributed by atoms with E-state index in [9.17, 15) is 60.1 Å². The Morgan fingerprint density at radius 1 is 0.536 bits per heavy atom. The second kappa shape index (κ2) is 39.5. The summed E-state index contributed by atoms with van der Waals surface area (Å²) in [6, 6.07) is 5.89. The van der Waals surface area contributed by atoms with Gasteiger partial charge >= 0.3 is 17.9 Å². The van der Waals surface area contributed by atoms with Gasteiger partial charge in [0.05, 0.1) is 42.3 Å². The molecule has 2 aliphatic heterocycles. The number of allylic oxidation sites excluding steroid dienone is 3. The summed E-state index contributed by atoms with van der Waals surface area (Å²) >= 11 is 0. The van der Waals surface area contributed by atoms with E-state index in [1.54, 1.807) is 13.0 Å². The number of fused-ring (bicyclic) bond motifs is 7. The van der Waals surface area contributed by atoms with E-state index in [4.69, 9.17) is 24.7 Å². The Labute approximate surface area is 746 Å². The highest BCUT2D eigenvalue weighted by atomic mass is 17.5. The Morgan fingerprint density at radius 3 is 1.26 bits per heavy atom. The molecular weight excluding hydrogens is 1590 g/mol. The van der Waals surface area contributed by atoms with Gasteiger partial charge in [0.1, 0.15) is 0 Å². The van der Waals surface area contributed by atoms with E-state index in [-0.39, 0.29) is 108 Å². The third-order valence-corrected chi connectivity index (χ3v) is 34.4. The number of nitro groups is 2. The maximum atomic E-state index is 12.4. The van der Waals surface area contributed by atoms with Gasteiger partial charge in [-0.15, -0.1) is 0 Å². The third kappa shape index (κ3) is 18.9. The number of carbonyl (C=O) groups is 3. The Morgan fingerprint density at radius 2 is 0.912 bits per heavy atom. The smallest absolute Gasteiger partial charge is 0.309 e. The monoisotopic (exact) mass is 1750 g/mol. The van der Waals surface area contributed by atoms with Crippen LogP contribution >= 0.6 is 0 Å². The first-order chi connectivity index (χ1) is 57.5. The maximum Gasteiger partial charge on any atom is 0.309 e. The number of nitrogens with two attached hydrogens (primary N) is 3. The van der Waals surface area contributed by atoms with Crippen LogP contribution in [0, 0.1) is 125 Å². The van der Waals surface area contributed by atoms with Crippen molar-refractivity contribution in [2.24, 2.45) is 102 Å². The van der Waals surface area contributed by atoms with E-state index in [1.165, 1.54) is 36.5 Å². The molecule has 4 saturated carbocycles. The molecule has 0 saturated heterocycles. The molecule has 0 spiro atoms. The van der Waals surface area contributed by atoms with Gasteiger partial charge in [-0.2, -0.15) is 0 Å². The standard InChI is InChI=1S/C33H49NO6.C33H51NO4.C30H43NO6.C2H6O3.C2H6.H4N2.H2O/c1-11-32(9,33(10,12-2)25-17-31(8,29(35)36)14-13-19(25)3)24-15-22(18-34(37)38)27-21(5)28-26(16-23(27)20(24)4)39-30(6,7)40-28;1-11-32(9,33(10,12-2)25-17-31(8,29(35)36)14-13-19(25)3)24-15-22(18-34)27-21(5)28-26(16-23(27)20(24)4)37-30(6,7)38-28;1-8-29(6)23-13-19(16-31(36)37)24-18(3)25(33)22(32)14-20(24)28(23,5)11-12-30(29,7)21-15-27(4,26(34)35)10-9-17(21)2;1-3-5-4-2;2*1-2;/h15-16,19-20,22,25H,11-14,17-18H2,1-10H3,(H,35,36);15-16,19-20,22,25H,11-14,17-18,34H2,1-10H3,(H,35,36);13-14,17,19,21,32-33H,8-12,15-16H2,1-7H3,(H,34,35);1-2H3;1-2H3;1-2H2;1H2/t2*19-,20-,22+,25-,31-,32-,33+;17-,19+,21-,27-,28+,29-,30+;;;;/m111..../s1. The number of aromatic hydroxyl groups is 2. The zero-order chi connectivity index (χ0) is 94.3. The van der Waals surface area contributed by atoms with Gasteiger partial charge in [-0.25, -0.2) is 9.78 Å². The van der Waals surface area contributed by atoms with Gasteiger partial charge in [0.2, 0.25) is 24.7 Å². The van der Waals surface area contributed by atoms with Crippen LogP contribution in [-0.4, -0.2) is 104 Å². The molecule has 9 aliphatic rings. The molecular formula is C100H161N5O20. The number of hydrogen-bond donors (Lipinski definition) is 8. The molecule has 4 fully saturated rings. The SMILES string of the molecule is CC.CC[C@@](C)([C@@H]1C[C@](C)(C(=O)O)CC[C@H]1C)[C@](C)(CC)C1=C[C@@H](CN)c2c(cc3c(c2C)OC(C)(C)O3)[C@H]1C.CC[C@@](C)([C@@H]1C[C@](C)(C(=O)O)CC[C@H]1C)[C@](C)(CC)C1=C[C@@H](C[N+](=O)[O-])c2c(cc3c(c2C)OC(C)(C)O3)[C@H]1C.CC[C@]1(C)C2=C[C@@H](C[N+](=O)[O-])c3c(cc(O)c(O)c3C)[C@]2(C)CC[C@@]1(C)[C@@H]1C[C@](C)(C(=O)O)CC[C@H]1C.COOOC.NN.O. The molecule has 0 unspecified atom stereocenters. The van der Waals surface area contributed by atoms with Crippen molar-refractivity contribution in [2.45, 2.75) is 350 Å². The third-order valence-electron chi connectivity index (χ3n) is 34.4. The first kappa shape index (κ1) is 106. The van der Waals surface area contributed by atoms with Crippen LogP contribution in [0.15, 0.2) is 53.1 Å². The molecule has 12 rings (SSSR count). The molecule has 0 radical (unpaired) electrons. The topological polar surface area (TPSA) is 413 Å². The van der Waals surface area contributed by atoms with E-state index in [2.05, 4.69) is 181 Å². The number of carboxylic acids is 3. The van der Waals surface area contributed by atoms with Crippen molar-refractivity contribution in [2.75, 3.05) is 33.9 Å². The molecule has 25 heteroatoms. The van der Waals surface area contributed by atoms with Gasteiger partial charge in [0.15, 0.2) is 34.5 Å². The van der Waals surface area contributed by atoms with Gasteiger partial charge in [0, 0.05) is 67.3 Å². The average Bonchev–Trinajstić information content (AvgIpc) is 1.18. The highest BCUT2D eigenvalue weighted by Crippen LogP contribution is 2.72. The van der Waals surface area contributed by atoms with Crippen molar-refractivity contribution in [3.63, 3.8) is 0 Å².